The summed E-state index contributed by atoms with van der Waals surface area (Å²) in [5, 5.41) is 10.1. The largest absolute Gasteiger partial charge is 0.461 e. The third-order valence-electron chi connectivity index (χ3n) is 4.42. The van der Waals surface area contributed by atoms with Gasteiger partial charge in [0, 0.05) is 6.42 Å². The molecule has 1 N–H and O–H groups in total. The van der Waals surface area contributed by atoms with Gasteiger partial charge >= 0.3 is 11.9 Å². The number of hydrogen-bond donors (Lipinski definition) is 1. The number of carbonyl (C=O) groups is 2. The fourth-order valence-corrected chi connectivity index (χ4v) is 3.24. The molecule has 1 saturated heterocycles. The van der Waals surface area contributed by atoms with E-state index in [-0.39, 0.29) is 23.9 Å². The van der Waals surface area contributed by atoms with Crippen LogP contribution >= 0.6 is 0 Å². The summed E-state index contributed by atoms with van der Waals surface area (Å²) in [4.78, 5) is 23.7. The number of carbonyl (C=O) groups excluding carboxylic acids is 2. The van der Waals surface area contributed by atoms with Crippen LogP contribution in [-0.4, -0.2) is 35.4 Å². The van der Waals surface area contributed by atoms with Crippen LogP contribution in [0.3, 0.4) is 0 Å². The molecule has 5 nitrogen and oxygen atoms in total. The lowest BCUT2D eigenvalue weighted by Crippen LogP contribution is -2.32. The Morgan fingerprint density at radius 2 is 2.05 bits per heavy atom. The molecule has 0 aromatic heterocycles. The van der Waals surface area contributed by atoms with Crippen molar-refractivity contribution in [3.8, 4) is 0 Å². The van der Waals surface area contributed by atoms with E-state index < -0.39 is 18.2 Å². The van der Waals surface area contributed by atoms with Crippen molar-refractivity contribution in [1.82, 2.24) is 0 Å². The van der Waals surface area contributed by atoms with Gasteiger partial charge in [-0.25, -0.2) is 4.79 Å². The van der Waals surface area contributed by atoms with Crippen molar-refractivity contribution in [3.63, 3.8) is 0 Å². The second-order valence-electron chi connectivity index (χ2n) is 5.84. The van der Waals surface area contributed by atoms with Crippen molar-refractivity contribution in [3.05, 3.63) is 23.3 Å². The number of esters is 2. The van der Waals surface area contributed by atoms with E-state index in [1.165, 1.54) is 0 Å². The van der Waals surface area contributed by atoms with Crippen molar-refractivity contribution in [2.45, 2.75) is 45.0 Å². The number of ether oxygens (including phenoxy) is 2. The highest BCUT2D eigenvalue weighted by atomic mass is 16.6. The summed E-state index contributed by atoms with van der Waals surface area (Å²) < 4.78 is 10.8. The van der Waals surface area contributed by atoms with Gasteiger partial charge < -0.3 is 14.6 Å². The van der Waals surface area contributed by atoms with Crippen molar-refractivity contribution in [1.29, 1.82) is 0 Å². The Hall–Kier alpha value is -1.62. The number of fused-ring (bicyclic) bond motifs is 3. The first-order chi connectivity index (χ1) is 9.47. The zero-order valence-electron chi connectivity index (χ0n) is 11.5. The van der Waals surface area contributed by atoms with Gasteiger partial charge in [0.15, 0.2) is 0 Å². The molecule has 108 valence electrons. The maximum absolute atomic E-state index is 11.9. The molecule has 5 atom stereocenters. The molecule has 0 saturated carbocycles. The second-order valence-corrected chi connectivity index (χ2v) is 5.84. The summed E-state index contributed by atoms with van der Waals surface area (Å²) in [6, 6.07) is 0. The summed E-state index contributed by atoms with van der Waals surface area (Å²) in [5.74, 6) is -1.22. The molecule has 3 rings (SSSR count). The lowest BCUT2D eigenvalue weighted by atomic mass is 9.83. The first kappa shape index (κ1) is 13.4. The van der Waals surface area contributed by atoms with Gasteiger partial charge in [-0.15, -0.1) is 0 Å². The molecule has 5 heteroatoms. The van der Waals surface area contributed by atoms with Crippen molar-refractivity contribution < 1.29 is 24.2 Å². The molecule has 0 radical (unpaired) electrons. The van der Waals surface area contributed by atoms with Crippen molar-refractivity contribution >= 4 is 11.9 Å². The molecular formula is C15H18O5. The van der Waals surface area contributed by atoms with E-state index in [1.54, 1.807) is 13.0 Å². The first-order valence-corrected chi connectivity index (χ1v) is 6.94. The molecule has 2 bridgehead atoms. The van der Waals surface area contributed by atoms with E-state index in [1.807, 2.05) is 13.0 Å². The maximum atomic E-state index is 11.9. The van der Waals surface area contributed by atoms with Crippen LogP contribution in [0.5, 0.6) is 0 Å². The number of hydrogen-bond acceptors (Lipinski definition) is 5. The molecule has 1 fully saturated rings. The first-order valence-electron chi connectivity index (χ1n) is 6.94. The summed E-state index contributed by atoms with van der Waals surface area (Å²) >= 11 is 0. The van der Waals surface area contributed by atoms with Crippen LogP contribution in [0.4, 0.5) is 0 Å². The normalized spacial score (nSPS) is 40.5. The predicted octanol–water partition coefficient (Wildman–Crippen LogP) is 1.12. The summed E-state index contributed by atoms with van der Waals surface area (Å²) in [6.45, 7) is 3.75. The van der Waals surface area contributed by atoms with E-state index in [0.717, 1.165) is 5.57 Å². The number of rotatable bonds is 0. The standard InChI is InChI=1S/C15H18O5/c1-7-3-4-10(16)9-6-12(20-15(9)18)13-8(2)14(17)19-11(13)5-7/h3,6,8,10-13,16H,4-5H2,1-2H3. The fraction of sp³-hybridized carbons (Fsp3) is 0.600. The topological polar surface area (TPSA) is 72.8 Å². The number of aliphatic hydroxyl groups excluding tert-OH is 1. The fourth-order valence-electron chi connectivity index (χ4n) is 3.24. The van der Waals surface area contributed by atoms with Crippen molar-refractivity contribution in [2.24, 2.45) is 11.8 Å². The van der Waals surface area contributed by atoms with Gasteiger partial charge in [0.1, 0.15) is 12.2 Å². The summed E-state index contributed by atoms with van der Waals surface area (Å²) in [6.07, 6.45) is 2.96. The third-order valence-corrected chi connectivity index (χ3v) is 4.42. The van der Waals surface area contributed by atoms with Crippen LogP contribution in [0.2, 0.25) is 0 Å². The van der Waals surface area contributed by atoms with Gasteiger partial charge in [0.2, 0.25) is 0 Å². The van der Waals surface area contributed by atoms with Gasteiger partial charge in [-0.05, 0) is 19.4 Å². The zero-order valence-corrected chi connectivity index (χ0v) is 11.5. The van der Waals surface area contributed by atoms with Gasteiger partial charge in [0.05, 0.1) is 23.5 Å². The Balaban J connectivity index is 1.99. The Kier molecular flexibility index (Phi) is 3.17. The van der Waals surface area contributed by atoms with E-state index in [0.29, 0.717) is 18.4 Å². The zero-order chi connectivity index (χ0) is 14.4. The third kappa shape index (κ3) is 2.06. The van der Waals surface area contributed by atoms with Crippen LogP contribution in [-0.2, 0) is 19.1 Å². The second kappa shape index (κ2) is 4.74. The lowest BCUT2D eigenvalue weighted by molar-refractivity contribution is -0.144. The molecule has 2 aliphatic heterocycles. The minimum Gasteiger partial charge on any atom is -0.461 e. The summed E-state index contributed by atoms with van der Waals surface area (Å²) in [5.41, 5.74) is 1.35. The van der Waals surface area contributed by atoms with Crippen LogP contribution in [0.1, 0.15) is 26.7 Å². The van der Waals surface area contributed by atoms with Gasteiger partial charge in [-0.2, -0.15) is 0 Å². The molecule has 0 amide bonds. The molecular weight excluding hydrogens is 260 g/mol. The van der Waals surface area contributed by atoms with E-state index >= 15 is 0 Å². The highest BCUT2D eigenvalue weighted by molar-refractivity contribution is 5.92. The van der Waals surface area contributed by atoms with Gasteiger partial charge in [-0.3, -0.25) is 4.79 Å². The Bertz CT molecular complexity index is 518. The SMILES string of the molecule is CC1=CCC(O)C2=CC(OC2=O)C2C(C1)OC(=O)C2C. The van der Waals surface area contributed by atoms with E-state index in [2.05, 4.69) is 0 Å². The van der Waals surface area contributed by atoms with Crippen molar-refractivity contribution in [2.75, 3.05) is 0 Å². The maximum Gasteiger partial charge on any atom is 0.337 e. The molecule has 2 heterocycles. The Morgan fingerprint density at radius 1 is 1.30 bits per heavy atom. The highest BCUT2D eigenvalue weighted by Crippen LogP contribution is 2.39. The molecule has 0 spiro atoms. The van der Waals surface area contributed by atoms with Gasteiger partial charge in [0.25, 0.3) is 0 Å². The minimum absolute atomic E-state index is 0.183. The Labute approximate surface area is 117 Å². The smallest absolute Gasteiger partial charge is 0.337 e. The quantitative estimate of drug-likeness (QED) is 0.531. The molecule has 0 aromatic rings. The summed E-state index contributed by atoms with van der Waals surface area (Å²) in [7, 11) is 0. The van der Waals surface area contributed by atoms with E-state index in [9.17, 15) is 14.7 Å². The molecule has 5 unspecified atom stereocenters. The average Bonchev–Trinajstić information content (AvgIpc) is 2.88. The molecule has 0 aromatic carbocycles. The predicted molar refractivity (Wildman–Crippen MR) is 69.5 cm³/mol. The average molecular weight is 278 g/mol. The molecule has 1 aliphatic carbocycles. The van der Waals surface area contributed by atoms with Gasteiger partial charge in [-0.1, -0.05) is 18.6 Å². The molecule has 3 aliphatic rings. The Morgan fingerprint density at radius 3 is 2.80 bits per heavy atom. The minimum atomic E-state index is -0.840. The lowest BCUT2D eigenvalue weighted by Gasteiger charge is -2.24. The van der Waals surface area contributed by atoms with Crippen LogP contribution < -0.4 is 0 Å². The van der Waals surface area contributed by atoms with Crippen LogP contribution in [0.15, 0.2) is 23.3 Å². The van der Waals surface area contributed by atoms with E-state index in [4.69, 9.17) is 9.47 Å². The van der Waals surface area contributed by atoms with Crippen LogP contribution in [0.25, 0.3) is 0 Å². The monoisotopic (exact) mass is 278 g/mol. The number of aliphatic hydroxyl groups is 1. The molecule has 20 heavy (non-hydrogen) atoms. The van der Waals surface area contributed by atoms with Crippen LogP contribution in [0, 0.1) is 11.8 Å². The highest BCUT2D eigenvalue weighted by Gasteiger charge is 2.49.